The molecule has 0 saturated heterocycles. The minimum atomic E-state index is -0.0911. The minimum Gasteiger partial charge on any atom is -0.434 e. The Hall–Kier alpha value is -1.47. The number of carbonyl (C=O) groups is 2. The highest BCUT2D eigenvalue weighted by Gasteiger charge is 2.26. The van der Waals surface area contributed by atoms with Gasteiger partial charge in [-0.1, -0.05) is 46.8 Å². The number of thioether (sulfide) groups is 2. The third kappa shape index (κ3) is 8.89. The number of benzene rings is 1. The van der Waals surface area contributed by atoms with Crippen molar-refractivity contribution >= 4 is 46.3 Å². The molecule has 0 aliphatic carbocycles. The van der Waals surface area contributed by atoms with Crippen molar-refractivity contribution in [1.29, 1.82) is 0 Å². The molecule has 5 nitrogen and oxygen atoms in total. The Bertz CT molecular complexity index is 802. The van der Waals surface area contributed by atoms with Crippen LogP contribution in [0.4, 0.5) is 0 Å². The maximum absolute atomic E-state index is 12.8. The number of nitrogens with zero attached hydrogens (tertiary/aromatic N) is 1. The van der Waals surface area contributed by atoms with E-state index < -0.39 is 0 Å². The lowest BCUT2D eigenvalue weighted by atomic mass is 10.1. The number of Topliss-reactive ketones (excluding diaryl/α,β-unsaturated/α-hetero) is 1. The van der Waals surface area contributed by atoms with Gasteiger partial charge in [0.15, 0.2) is 5.58 Å². The largest absolute Gasteiger partial charge is 0.434 e. The summed E-state index contributed by atoms with van der Waals surface area (Å²) < 4.78 is 5.53. The number of amides is 1. The quantitative estimate of drug-likeness (QED) is 0.280. The van der Waals surface area contributed by atoms with Gasteiger partial charge in [-0.2, -0.15) is 11.8 Å². The molecule has 1 amide bonds. The van der Waals surface area contributed by atoms with Gasteiger partial charge in [0.1, 0.15) is 5.52 Å². The van der Waals surface area contributed by atoms with Crippen LogP contribution in [0.5, 0.6) is 0 Å². The van der Waals surface area contributed by atoms with Gasteiger partial charge in [0.05, 0.1) is 5.25 Å². The second-order valence-corrected chi connectivity index (χ2v) is 11.3. The molecule has 2 rings (SSSR count). The molecule has 0 aliphatic rings. The van der Waals surface area contributed by atoms with E-state index in [9.17, 15) is 9.59 Å². The summed E-state index contributed by atoms with van der Waals surface area (Å²) in [4.78, 5) is 29.4. The van der Waals surface area contributed by atoms with E-state index in [0.717, 1.165) is 17.9 Å². The molecule has 0 spiro atoms. The first-order valence-electron chi connectivity index (χ1n) is 11.2. The van der Waals surface area contributed by atoms with Gasteiger partial charge in [0, 0.05) is 18.2 Å². The Labute approximate surface area is 194 Å². The van der Waals surface area contributed by atoms with Crippen LogP contribution in [-0.2, 0) is 4.79 Å². The Morgan fingerprint density at radius 3 is 2.35 bits per heavy atom. The number of nitrogens with one attached hydrogen (secondary N) is 1. The molecule has 0 radical (unpaired) electrons. The molecule has 2 atom stereocenters. The van der Waals surface area contributed by atoms with Crippen LogP contribution < -0.4 is 5.32 Å². The maximum Gasteiger partial charge on any atom is 0.264 e. The van der Waals surface area contributed by atoms with Crippen molar-refractivity contribution in [3.63, 3.8) is 0 Å². The number of aromatic nitrogens is 1. The predicted molar refractivity (Wildman–Crippen MR) is 133 cm³/mol. The van der Waals surface area contributed by atoms with Gasteiger partial charge < -0.3 is 9.73 Å². The molecule has 1 heterocycles. The zero-order chi connectivity index (χ0) is 22.8. The lowest BCUT2D eigenvalue weighted by Gasteiger charge is -2.24. The van der Waals surface area contributed by atoms with Gasteiger partial charge in [-0.05, 0) is 48.3 Å². The van der Waals surface area contributed by atoms with Crippen LogP contribution >= 0.6 is 23.5 Å². The number of oxazole rings is 1. The van der Waals surface area contributed by atoms with Crippen molar-refractivity contribution in [2.45, 2.75) is 64.4 Å². The van der Waals surface area contributed by atoms with Crippen molar-refractivity contribution in [3.8, 4) is 0 Å². The first-order valence-corrected chi connectivity index (χ1v) is 13.3. The molecule has 1 aromatic heterocycles. The van der Waals surface area contributed by atoms with Crippen molar-refractivity contribution in [2.24, 2.45) is 11.8 Å². The Kier molecular flexibility index (Phi) is 10.9. The first-order chi connectivity index (χ1) is 14.8. The van der Waals surface area contributed by atoms with Crippen molar-refractivity contribution < 1.29 is 14.0 Å². The number of ketones is 1. The Morgan fingerprint density at radius 2 is 1.68 bits per heavy atom. The molecule has 1 aromatic carbocycles. The fourth-order valence-electron chi connectivity index (χ4n) is 2.97. The molecule has 1 N–H and O–H groups in total. The normalized spacial score (nSPS) is 13.6. The van der Waals surface area contributed by atoms with Gasteiger partial charge >= 0.3 is 0 Å². The van der Waals surface area contributed by atoms with E-state index in [2.05, 4.69) is 44.9 Å². The topological polar surface area (TPSA) is 72.2 Å². The lowest BCUT2D eigenvalue weighted by molar-refractivity contribution is -0.120. The van der Waals surface area contributed by atoms with E-state index in [1.54, 1.807) is 11.8 Å². The third-order valence-corrected chi connectivity index (χ3v) is 8.32. The van der Waals surface area contributed by atoms with Crippen LogP contribution in [0.3, 0.4) is 0 Å². The van der Waals surface area contributed by atoms with E-state index in [-0.39, 0.29) is 28.1 Å². The summed E-state index contributed by atoms with van der Waals surface area (Å²) in [6.07, 6.45) is 1.82. The monoisotopic (exact) mass is 464 g/mol. The van der Waals surface area contributed by atoms with Crippen LogP contribution in [0.2, 0.25) is 0 Å². The first kappa shape index (κ1) is 25.8. The molecule has 0 fully saturated rings. The molecule has 31 heavy (non-hydrogen) atoms. The van der Waals surface area contributed by atoms with Crippen molar-refractivity contribution in [3.05, 3.63) is 30.2 Å². The van der Waals surface area contributed by atoms with Gasteiger partial charge in [0.25, 0.3) is 5.89 Å². The molecule has 2 aromatic rings. The summed E-state index contributed by atoms with van der Waals surface area (Å²) in [7, 11) is 0. The average Bonchev–Trinajstić information content (AvgIpc) is 3.16. The molecular formula is C24H36N2O3S2. The SMILES string of the molecule is CC(C)CSC(C)C(SCC(C)C)C(=O)NCCCCC(=O)c1nc2ccccc2o1. The Morgan fingerprint density at radius 1 is 1.00 bits per heavy atom. The third-order valence-electron chi connectivity index (χ3n) is 4.65. The number of fused-ring (bicyclic) bond motifs is 1. The van der Waals surface area contributed by atoms with E-state index in [1.165, 1.54) is 0 Å². The lowest BCUT2D eigenvalue weighted by Crippen LogP contribution is -2.39. The van der Waals surface area contributed by atoms with Crippen LogP contribution in [0.25, 0.3) is 11.1 Å². The summed E-state index contributed by atoms with van der Waals surface area (Å²) in [5, 5.41) is 3.31. The highest BCUT2D eigenvalue weighted by Crippen LogP contribution is 2.27. The fourth-order valence-corrected chi connectivity index (χ4v) is 5.53. The summed E-state index contributed by atoms with van der Waals surface area (Å²) in [5.74, 6) is 3.40. The smallest absolute Gasteiger partial charge is 0.264 e. The summed E-state index contributed by atoms with van der Waals surface area (Å²) in [5.41, 5.74) is 1.33. The second-order valence-electron chi connectivity index (χ2n) is 8.74. The molecule has 172 valence electrons. The maximum atomic E-state index is 12.8. The molecule has 0 saturated carbocycles. The molecule has 0 bridgehead atoms. The van der Waals surface area contributed by atoms with E-state index in [4.69, 9.17) is 4.42 Å². The number of carbonyl (C=O) groups excluding carboxylic acids is 2. The van der Waals surface area contributed by atoms with E-state index in [0.29, 0.717) is 42.3 Å². The van der Waals surface area contributed by atoms with Gasteiger partial charge in [-0.25, -0.2) is 4.98 Å². The number of hydrogen-bond donors (Lipinski definition) is 1. The standard InChI is InChI=1S/C24H36N2O3S2/c1-16(2)14-30-18(5)22(31-15-17(3)4)23(28)25-13-9-8-11-20(27)24-26-19-10-6-7-12-21(19)29-24/h6-7,10,12,16-18,22H,8-9,11,13-15H2,1-5H3,(H,25,28). The van der Waals surface area contributed by atoms with Crippen molar-refractivity contribution in [2.75, 3.05) is 18.1 Å². The number of unbranched alkanes of at least 4 members (excludes halogenated alkanes) is 1. The Balaban J connectivity index is 1.75. The van der Waals surface area contributed by atoms with Gasteiger partial charge in [-0.3, -0.25) is 9.59 Å². The summed E-state index contributed by atoms with van der Waals surface area (Å²) >= 11 is 3.63. The van der Waals surface area contributed by atoms with Crippen LogP contribution in [0.1, 0.15) is 64.6 Å². The van der Waals surface area contributed by atoms with Crippen LogP contribution in [0.15, 0.2) is 28.7 Å². The zero-order valence-electron chi connectivity index (χ0n) is 19.3. The summed E-state index contributed by atoms with van der Waals surface area (Å²) in [6.45, 7) is 11.5. The van der Waals surface area contributed by atoms with Crippen LogP contribution in [0, 0.1) is 11.8 Å². The molecular weight excluding hydrogens is 428 g/mol. The fraction of sp³-hybridized carbons (Fsp3) is 0.625. The van der Waals surface area contributed by atoms with E-state index >= 15 is 0 Å². The van der Waals surface area contributed by atoms with E-state index in [1.807, 2.05) is 36.0 Å². The molecule has 2 unspecified atom stereocenters. The van der Waals surface area contributed by atoms with Crippen LogP contribution in [-0.4, -0.2) is 45.2 Å². The zero-order valence-corrected chi connectivity index (χ0v) is 21.0. The molecule has 7 heteroatoms. The minimum absolute atomic E-state index is 0.0486. The number of rotatable bonds is 14. The predicted octanol–water partition coefficient (Wildman–Crippen LogP) is 5.83. The van der Waals surface area contributed by atoms with Crippen molar-refractivity contribution in [1.82, 2.24) is 10.3 Å². The molecule has 0 aliphatic heterocycles. The highest BCUT2D eigenvalue weighted by atomic mass is 32.2. The highest BCUT2D eigenvalue weighted by molar-refractivity contribution is 8.04. The average molecular weight is 465 g/mol. The summed E-state index contributed by atoms with van der Waals surface area (Å²) in [6, 6.07) is 7.37. The number of para-hydroxylation sites is 2. The van der Waals surface area contributed by atoms with Gasteiger partial charge in [-0.15, -0.1) is 11.8 Å². The number of hydrogen-bond acceptors (Lipinski definition) is 6. The van der Waals surface area contributed by atoms with Gasteiger partial charge in [0.2, 0.25) is 11.7 Å². The second kappa shape index (κ2) is 13.2.